The first-order valence-electron chi connectivity index (χ1n) is 5.77. The molecule has 1 fully saturated rings. The van der Waals surface area contributed by atoms with E-state index in [1.807, 2.05) is 6.07 Å². The molecule has 2 heterocycles. The number of sulfonamides is 1. The Labute approximate surface area is 112 Å². The molecule has 1 unspecified atom stereocenters. The Morgan fingerprint density at radius 1 is 1.56 bits per heavy atom. The second-order valence-electron chi connectivity index (χ2n) is 4.50. The van der Waals surface area contributed by atoms with Crippen LogP contribution >= 0.6 is 11.6 Å². The molecule has 1 aliphatic heterocycles. The van der Waals surface area contributed by atoms with Crippen molar-refractivity contribution in [3.05, 3.63) is 23.5 Å². The van der Waals surface area contributed by atoms with E-state index in [1.54, 1.807) is 12.4 Å². The van der Waals surface area contributed by atoms with E-state index in [2.05, 4.69) is 14.6 Å². The van der Waals surface area contributed by atoms with Gasteiger partial charge < -0.3 is 4.90 Å². The summed E-state index contributed by atoms with van der Waals surface area (Å²) in [6.07, 6.45) is 6.27. The zero-order valence-electron chi connectivity index (χ0n) is 10.1. The van der Waals surface area contributed by atoms with E-state index in [9.17, 15) is 8.42 Å². The highest BCUT2D eigenvalue weighted by atomic mass is 35.5. The van der Waals surface area contributed by atoms with E-state index < -0.39 is 10.0 Å². The molecule has 1 aromatic heterocycles. The molecule has 0 bridgehead atoms. The molecule has 0 radical (unpaired) electrons. The van der Waals surface area contributed by atoms with Crippen LogP contribution in [0.15, 0.2) is 18.5 Å². The number of aromatic nitrogens is 1. The second-order valence-corrected chi connectivity index (χ2v) is 6.69. The Bertz CT molecular complexity index is 521. The van der Waals surface area contributed by atoms with Crippen molar-refractivity contribution in [2.24, 2.45) is 0 Å². The third-order valence-electron chi connectivity index (χ3n) is 2.89. The summed E-state index contributed by atoms with van der Waals surface area (Å²) >= 11 is 6.10. The molecule has 1 aromatic rings. The molecule has 0 saturated carbocycles. The maximum Gasteiger partial charge on any atom is 0.209 e. The van der Waals surface area contributed by atoms with Crippen LogP contribution in [0.1, 0.15) is 12.8 Å². The summed E-state index contributed by atoms with van der Waals surface area (Å²) in [7, 11) is -3.16. The topological polar surface area (TPSA) is 62.3 Å². The number of pyridine rings is 1. The van der Waals surface area contributed by atoms with Crippen molar-refractivity contribution in [2.75, 3.05) is 24.2 Å². The summed E-state index contributed by atoms with van der Waals surface area (Å²) < 4.78 is 25.1. The Morgan fingerprint density at radius 3 is 3.00 bits per heavy atom. The number of nitrogens with zero attached hydrogens (tertiary/aromatic N) is 2. The SMILES string of the molecule is CS(=O)(=O)NC1CCCN(c2ccncc2Cl)C1. The number of hydrogen-bond acceptors (Lipinski definition) is 4. The predicted octanol–water partition coefficient (Wildman–Crippen LogP) is 1.25. The number of hydrogen-bond donors (Lipinski definition) is 1. The monoisotopic (exact) mass is 289 g/mol. The molecule has 2 rings (SSSR count). The zero-order valence-corrected chi connectivity index (χ0v) is 11.7. The Morgan fingerprint density at radius 2 is 2.33 bits per heavy atom. The zero-order chi connectivity index (χ0) is 13.2. The molecular weight excluding hydrogens is 274 g/mol. The standard InChI is InChI=1S/C11H16ClN3O2S/c1-18(16,17)14-9-3-2-6-15(8-9)11-4-5-13-7-10(11)12/h4-5,7,9,14H,2-3,6,8H2,1H3. The van der Waals surface area contributed by atoms with Gasteiger partial charge in [-0.3, -0.25) is 4.98 Å². The van der Waals surface area contributed by atoms with Gasteiger partial charge in [0.05, 0.1) is 17.0 Å². The van der Waals surface area contributed by atoms with Crippen molar-refractivity contribution >= 4 is 27.3 Å². The van der Waals surface area contributed by atoms with E-state index in [-0.39, 0.29) is 6.04 Å². The smallest absolute Gasteiger partial charge is 0.209 e. The third kappa shape index (κ3) is 3.57. The number of anilines is 1. The molecule has 5 nitrogen and oxygen atoms in total. The van der Waals surface area contributed by atoms with Gasteiger partial charge in [0.1, 0.15) is 0 Å². The molecule has 0 amide bonds. The quantitative estimate of drug-likeness (QED) is 0.910. The molecule has 100 valence electrons. The molecule has 1 saturated heterocycles. The predicted molar refractivity (Wildman–Crippen MR) is 72.5 cm³/mol. The summed E-state index contributed by atoms with van der Waals surface area (Å²) in [5, 5.41) is 0.595. The molecular formula is C11H16ClN3O2S. The first kappa shape index (κ1) is 13.6. The number of nitrogens with one attached hydrogen (secondary N) is 1. The summed E-state index contributed by atoms with van der Waals surface area (Å²) in [5.41, 5.74) is 0.909. The Kier molecular flexibility index (Phi) is 4.09. The van der Waals surface area contributed by atoms with E-state index in [1.165, 1.54) is 6.26 Å². The first-order valence-corrected chi connectivity index (χ1v) is 8.04. The van der Waals surface area contributed by atoms with Crippen LogP contribution in [0.2, 0.25) is 5.02 Å². The van der Waals surface area contributed by atoms with Crippen LogP contribution in [0, 0.1) is 0 Å². The van der Waals surface area contributed by atoms with E-state index >= 15 is 0 Å². The minimum Gasteiger partial charge on any atom is -0.369 e. The summed E-state index contributed by atoms with van der Waals surface area (Å²) in [5.74, 6) is 0. The van der Waals surface area contributed by atoms with Crippen molar-refractivity contribution < 1.29 is 8.42 Å². The van der Waals surface area contributed by atoms with Crippen molar-refractivity contribution in [3.8, 4) is 0 Å². The molecule has 1 atom stereocenters. The van der Waals surface area contributed by atoms with Crippen molar-refractivity contribution in [3.63, 3.8) is 0 Å². The van der Waals surface area contributed by atoms with Crippen LogP contribution < -0.4 is 9.62 Å². The normalized spacial score (nSPS) is 21.0. The maximum atomic E-state index is 11.2. The average molecular weight is 290 g/mol. The first-order chi connectivity index (χ1) is 8.46. The van der Waals surface area contributed by atoms with Crippen LogP contribution in [-0.4, -0.2) is 38.8 Å². The molecule has 0 spiro atoms. The van der Waals surface area contributed by atoms with Gasteiger partial charge in [0.15, 0.2) is 0 Å². The fourth-order valence-corrected chi connectivity index (χ4v) is 3.26. The molecule has 1 aliphatic rings. The lowest BCUT2D eigenvalue weighted by atomic mass is 10.1. The van der Waals surface area contributed by atoms with Crippen LogP contribution in [-0.2, 0) is 10.0 Å². The molecule has 0 aliphatic carbocycles. The molecule has 7 heteroatoms. The van der Waals surface area contributed by atoms with Gasteiger partial charge in [-0.05, 0) is 18.9 Å². The van der Waals surface area contributed by atoms with Gasteiger partial charge in [0.2, 0.25) is 10.0 Å². The highest BCUT2D eigenvalue weighted by Gasteiger charge is 2.23. The van der Waals surface area contributed by atoms with Gasteiger partial charge in [-0.15, -0.1) is 0 Å². The summed E-state index contributed by atoms with van der Waals surface area (Å²) in [4.78, 5) is 6.04. The van der Waals surface area contributed by atoms with Gasteiger partial charge in [0.25, 0.3) is 0 Å². The highest BCUT2D eigenvalue weighted by Crippen LogP contribution is 2.27. The van der Waals surface area contributed by atoms with Crippen LogP contribution in [0.25, 0.3) is 0 Å². The van der Waals surface area contributed by atoms with E-state index in [4.69, 9.17) is 11.6 Å². The third-order valence-corrected chi connectivity index (χ3v) is 3.95. The Balaban J connectivity index is 2.10. The van der Waals surface area contributed by atoms with E-state index in [0.717, 1.165) is 25.1 Å². The lowest BCUT2D eigenvalue weighted by Crippen LogP contribution is -2.47. The van der Waals surface area contributed by atoms with Crippen LogP contribution in [0.3, 0.4) is 0 Å². The minimum atomic E-state index is -3.16. The lowest BCUT2D eigenvalue weighted by Gasteiger charge is -2.34. The molecule has 1 N–H and O–H groups in total. The van der Waals surface area contributed by atoms with Gasteiger partial charge in [0, 0.05) is 31.5 Å². The number of rotatable bonds is 3. The largest absolute Gasteiger partial charge is 0.369 e. The minimum absolute atomic E-state index is 0.0574. The fraction of sp³-hybridized carbons (Fsp3) is 0.545. The van der Waals surface area contributed by atoms with Crippen molar-refractivity contribution in [1.29, 1.82) is 0 Å². The number of piperidine rings is 1. The van der Waals surface area contributed by atoms with E-state index in [0.29, 0.717) is 11.6 Å². The van der Waals surface area contributed by atoms with Gasteiger partial charge in [-0.1, -0.05) is 11.6 Å². The van der Waals surface area contributed by atoms with Crippen LogP contribution in [0.4, 0.5) is 5.69 Å². The van der Waals surface area contributed by atoms with Crippen LogP contribution in [0.5, 0.6) is 0 Å². The molecule has 18 heavy (non-hydrogen) atoms. The summed E-state index contributed by atoms with van der Waals surface area (Å²) in [6, 6.07) is 1.79. The molecule has 0 aromatic carbocycles. The second kappa shape index (κ2) is 5.42. The van der Waals surface area contributed by atoms with Gasteiger partial charge >= 0.3 is 0 Å². The van der Waals surface area contributed by atoms with Crippen molar-refractivity contribution in [2.45, 2.75) is 18.9 Å². The maximum absolute atomic E-state index is 11.2. The van der Waals surface area contributed by atoms with Gasteiger partial charge in [-0.25, -0.2) is 13.1 Å². The van der Waals surface area contributed by atoms with Gasteiger partial charge in [-0.2, -0.15) is 0 Å². The lowest BCUT2D eigenvalue weighted by molar-refractivity contribution is 0.467. The fourth-order valence-electron chi connectivity index (χ4n) is 2.22. The number of halogens is 1. The summed E-state index contributed by atoms with van der Waals surface area (Å²) in [6.45, 7) is 1.52. The van der Waals surface area contributed by atoms with Crippen molar-refractivity contribution in [1.82, 2.24) is 9.71 Å². The Hall–Kier alpha value is -0.850. The average Bonchev–Trinajstić information content (AvgIpc) is 2.27. The highest BCUT2D eigenvalue weighted by molar-refractivity contribution is 7.88.